The molecule has 0 spiro atoms. The molecule has 1 aliphatic heterocycles. The molecule has 1 heterocycles. The van der Waals surface area contributed by atoms with Gasteiger partial charge in [0.2, 0.25) is 5.91 Å². The molecule has 2 aromatic rings. The van der Waals surface area contributed by atoms with Gasteiger partial charge in [-0.25, -0.2) is 0 Å². The van der Waals surface area contributed by atoms with Gasteiger partial charge in [0, 0.05) is 19.1 Å². The number of hydrogen-bond acceptors (Lipinski definition) is 3. The molecule has 154 valence electrons. The molecule has 5 heteroatoms. The van der Waals surface area contributed by atoms with Crippen molar-refractivity contribution in [3.63, 3.8) is 0 Å². The highest BCUT2D eigenvalue weighted by atomic mass is 16.5. The standard InChI is InChI=1S/C24H30N2O3/c1-17-9-10-18(2)24(19(17)3)29-16-22(27)25-21-11-13-26(14-12-21)23(28)15-20-7-5-4-6-8-20/h4-10,21H,11-16H2,1-3H3,(H,25,27). The van der Waals surface area contributed by atoms with Crippen LogP contribution in [0.4, 0.5) is 0 Å². The van der Waals surface area contributed by atoms with Crippen molar-refractivity contribution < 1.29 is 14.3 Å². The highest BCUT2D eigenvalue weighted by Gasteiger charge is 2.24. The van der Waals surface area contributed by atoms with Crippen molar-refractivity contribution in [1.29, 1.82) is 0 Å². The van der Waals surface area contributed by atoms with Crippen LogP contribution in [0, 0.1) is 20.8 Å². The number of nitrogens with one attached hydrogen (secondary N) is 1. The predicted octanol–water partition coefficient (Wildman–Crippen LogP) is 3.34. The van der Waals surface area contributed by atoms with Gasteiger partial charge in [0.25, 0.3) is 5.91 Å². The summed E-state index contributed by atoms with van der Waals surface area (Å²) in [6.45, 7) is 7.40. The highest BCUT2D eigenvalue weighted by molar-refractivity contribution is 5.79. The Hall–Kier alpha value is -2.82. The lowest BCUT2D eigenvalue weighted by atomic mass is 10.0. The van der Waals surface area contributed by atoms with Crippen molar-refractivity contribution in [2.45, 2.75) is 46.1 Å². The number of rotatable bonds is 6. The molecule has 0 saturated carbocycles. The topological polar surface area (TPSA) is 58.6 Å². The van der Waals surface area contributed by atoms with Crippen LogP contribution in [0.3, 0.4) is 0 Å². The minimum atomic E-state index is -0.112. The molecule has 5 nitrogen and oxygen atoms in total. The minimum Gasteiger partial charge on any atom is -0.483 e. The van der Waals surface area contributed by atoms with Gasteiger partial charge in [-0.2, -0.15) is 0 Å². The molecular weight excluding hydrogens is 364 g/mol. The third-order valence-corrected chi connectivity index (χ3v) is 5.63. The van der Waals surface area contributed by atoms with E-state index in [-0.39, 0.29) is 24.5 Å². The first-order valence-electron chi connectivity index (χ1n) is 10.2. The molecule has 0 aliphatic carbocycles. The van der Waals surface area contributed by atoms with Crippen LogP contribution in [0.5, 0.6) is 5.75 Å². The van der Waals surface area contributed by atoms with Crippen LogP contribution < -0.4 is 10.1 Å². The van der Waals surface area contributed by atoms with Gasteiger partial charge in [0.15, 0.2) is 6.61 Å². The van der Waals surface area contributed by atoms with Crippen molar-refractivity contribution in [3.05, 3.63) is 64.7 Å². The summed E-state index contributed by atoms with van der Waals surface area (Å²) in [5, 5.41) is 3.05. The zero-order valence-corrected chi connectivity index (χ0v) is 17.5. The summed E-state index contributed by atoms with van der Waals surface area (Å²) in [7, 11) is 0. The zero-order valence-electron chi connectivity index (χ0n) is 17.5. The average Bonchev–Trinajstić information content (AvgIpc) is 2.72. The minimum absolute atomic E-state index is 0.0122. The summed E-state index contributed by atoms with van der Waals surface area (Å²) in [5.74, 6) is 0.829. The van der Waals surface area contributed by atoms with Crippen molar-refractivity contribution in [2.75, 3.05) is 19.7 Å². The van der Waals surface area contributed by atoms with Gasteiger partial charge in [-0.05, 0) is 55.9 Å². The van der Waals surface area contributed by atoms with E-state index in [0.29, 0.717) is 19.5 Å². The van der Waals surface area contributed by atoms with Gasteiger partial charge in [0.1, 0.15) is 5.75 Å². The monoisotopic (exact) mass is 394 g/mol. The van der Waals surface area contributed by atoms with E-state index in [9.17, 15) is 9.59 Å². The van der Waals surface area contributed by atoms with Crippen molar-refractivity contribution >= 4 is 11.8 Å². The molecule has 3 rings (SSSR count). The number of benzene rings is 2. The van der Waals surface area contributed by atoms with Gasteiger partial charge >= 0.3 is 0 Å². The molecule has 0 radical (unpaired) electrons. The summed E-state index contributed by atoms with van der Waals surface area (Å²) >= 11 is 0. The Morgan fingerprint density at radius 2 is 1.66 bits per heavy atom. The number of aryl methyl sites for hydroxylation is 2. The second-order valence-electron chi connectivity index (χ2n) is 7.83. The van der Waals surface area contributed by atoms with Crippen LogP contribution in [0.25, 0.3) is 0 Å². The molecule has 2 amide bonds. The second kappa shape index (κ2) is 9.59. The van der Waals surface area contributed by atoms with Gasteiger partial charge in [-0.15, -0.1) is 0 Å². The Morgan fingerprint density at radius 1 is 1.00 bits per heavy atom. The third-order valence-electron chi connectivity index (χ3n) is 5.63. The smallest absolute Gasteiger partial charge is 0.258 e. The number of hydrogen-bond donors (Lipinski definition) is 1. The SMILES string of the molecule is Cc1ccc(C)c(OCC(=O)NC2CCN(C(=O)Cc3ccccc3)CC2)c1C. The molecular formula is C24H30N2O3. The second-order valence-corrected chi connectivity index (χ2v) is 7.83. The van der Waals surface area contributed by atoms with Crippen LogP contribution in [0.1, 0.15) is 35.1 Å². The quantitative estimate of drug-likeness (QED) is 0.818. The Bertz CT molecular complexity index is 856. The third kappa shape index (κ3) is 5.59. The fourth-order valence-electron chi connectivity index (χ4n) is 3.71. The lowest BCUT2D eigenvalue weighted by Gasteiger charge is -2.32. The molecule has 1 fully saturated rings. The summed E-state index contributed by atoms with van der Waals surface area (Å²) in [4.78, 5) is 26.7. The van der Waals surface area contributed by atoms with Crippen LogP contribution >= 0.6 is 0 Å². The van der Waals surface area contributed by atoms with E-state index in [1.807, 2.05) is 62.1 Å². The number of likely N-dealkylation sites (tertiary alicyclic amines) is 1. The maximum absolute atomic E-state index is 12.5. The molecule has 0 atom stereocenters. The van der Waals surface area contributed by atoms with Crippen LogP contribution in [-0.4, -0.2) is 42.5 Å². The molecule has 0 bridgehead atoms. The van der Waals surface area contributed by atoms with E-state index in [4.69, 9.17) is 4.74 Å². The first-order valence-corrected chi connectivity index (χ1v) is 10.2. The molecule has 0 aromatic heterocycles. The first-order chi connectivity index (χ1) is 13.9. The Morgan fingerprint density at radius 3 is 2.34 bits per heavy atom. The normalized spacial score (nSPS) is 14.5. The summed E-state index contributed by atoms with van der Waals surface area (Å²) < 4.78 is 5.80. The van der Waals surface area contributed by atoms with Gasteiger partial charge in [-0.3, -0.25) is 9.59 Å². The first kappa shape index (κ1) is 20.9. The van der Waals surface area contributed by atoms with E-state index < -0.39 is 0 Å². The van der Waals surface area contributed by atoms with Crippen LogP contribution in [0.15, 0.2) is 42.5 Å². The van der Waals surface area contributed by atoms with Crippen molar-refractivity contribution in [1.82, 2.24) is 10.2 Å². The lowest BCUT2D eigenvalue weighted by molar-refractivity contribution is -0.131. The lowest BCUT2D eigenvalue weighted by Crippen LogP contribution is -2.47. The highest BCUT2D eigenvalue weighted by Crippen LogP contribution is 2.25. The summed E-state index contributed by atoms with van der Waals surface area (Å²) in [6.07, 6.45) is 1.98. The zero-order chi connectivity index (χ0) is 20.8. The molecule has 2 aromatic carbocycles. The Labute approximate surface area is 173 Å². The Balaban J connectivity index is 1.43. The van der Waals surface area contributed by atoms with Crippen molar-refractivity contribution in [3.8, 4) is 5.75 Å². The molecule has 0 unspecified atom stereocenters. The van der Waals surface area contributed by atoms with Gasteiger partial charge < -0.3 is 15.0 Å². The van der Waals surface area contributed by atoms with Crippen molar-refractivity contribution in [2.24, 2.45) is 0 Å². The predicted molar refractivity (Wildman–Crippen MR) is 114 cm³/mol. The van der Waals surface area contributed by atoms with E-state index in [1.165, 1.54) is 0 Å². The number of carbonyl (C=O) groups excluding carboxylic acids is 2. The fourth-order valence-corrected chi connectivity index (χ4v) is 3.71. The molecule has 1 aliphatic rings. The van der Waals surface area contributed by atoms with E-state index in [2.05, 4.69) is 11.4 Å². The number of nitrogens with zero attached hydrogens (tertiary/aromatic N) is 1. The number of ether oxygens (including phenoxy) is 1. The van der Waals surface area contributed by atoms with E-state index >= 15 is 0 Å². The van der Waals surface area contributed by atoms with E-state index in [0.717, 1.165) is 40.8 Å². The molecule has 1 N–H and O–H groups in total. The average molecular weight is 395 g/mol. The Kier molecular flexibility index (Phi) is 6.91. The molecule has 29 heavy (non-hydrogen) atoms. The summed E-state index contributed by atoms with van der Waals surface area (Å²) in [5.41, 5.74) is 4.29. The van der Waals surface area contributed by atoms with Crippen LogP contribution in [0.2, 0.25) is 0 Å². The maximum Gasteiger partial charge on any atom is 0.258 e. The molecule has 1 saturated heterocycles. The van der Waals surface area contributed by atoms with Gasteiger partial charge in [0.05, 0.1) is 6.42 Å². The van der Waals surface area contributed by atoms with Gasteiger partial charge in [-0.1, -0.05) is 42.5 Å². The number of carbonyl (C=O) groups is 2. The fraction of sp³-hybridized carbons (Fsp3) is 0.417. The van der Waals surface area contributed by atoms with Crippen LogP contribution in [-0.2, 0) is 16.0 Å². The largest absolute Gasteiger partial charge is 0.483 e. The maximum atomic E-state index is 12.5. The number of piperidine rings is 1. The summed E-state index contributed by atoms with van der Waals surface area (Å²) in [6, 6.07) is 14.0. The van der Waals surface area contributed by atoms with E-state index in [1.54, 1.807) is 0 Å². The number of amides is 2.